The lowest BCUT2D eigenvalue weighted by Crippen LogP contribution is -2.42. The molecule has 2 aromatic carbocycles. The van der Waals surface area contributed by atoms with Gasteiger partial charge in [-0.2, -0.15) is 0 Å². The molecular weight excluding hydrogens is 428 g/mol. The van der Waals surface area contributed by atoms with Crippen LogP contribution in [0.1, 0.15) is 48.4 Å². The molecule has 1 amide bonds. The Morgan fingerprint density at radius 1 is 1.18 bits per heavy atom. The fraction of sp³-hybridized carbons (Fsp3) is 0.407. The average molecular weight is 463 g/mol. The van der Waals surface area contributed by atoms with Crippen molar-refractivity contribution in [3.63, 3.8) is 0 Å². The van der Waals surface area contributed by atoms with Crippen LogP contribution in [-0.4, -0.2) is 55.2 Å². The fourth-order valence-electron chi connectivity index (χ4n) is 4.81. The van der Waals surface area contributed by atoms with Gasteiger partial charge in [-0.3, -0.25) is 4.79 Å². The average Bonchev–Trinajstić information content (AvgIpc) is 3.40. The lowest BCUT2D eigenvalue weighted by Gasteiger charge is -2.37. The molecule has 1 aromatic heterocycles. The molecule has 7 nitrogen and oxygen atoms in total. The molecule has 2 unspecified atom stereocenters. The number of benzene rings is 2. The quantitative estimate of drug-likeness (QED) is 0.494. The van der Waals surface area contributed by atoms with Crippen LogP contribution in [0.2, 0.25) is 0 Å². The summed E-state index contributed by atoms with van der Waals surface area (Å²) in [5.74, 6) is 1.24. The van der Waals surface area contributed by atoms with Crippen molar-refractivity contribution in [2.75, 3.05) is 39.8 Å². The molecule has 1 aliphatic heterocycles. The highest BCUT2D eigenvalue weighted by molar-refractivity contribution is 5.85. The molecule has 0 spiro atoms. The van der Waals surface area contributed by atoms with Gasteiger partial charge in [0, 0.05) is 56.9 Å². The summed E-state index contributed by atoms with van der Waals surface area (Å²) in [6.07, 6.45) is 7.23. The zero-order valence-corrected chi connectivity index (χ0v) is 20.7. The summed E-state index contributed by atoms with van der Waals surface area (Å²) < 4.78 is 13.1. The molecule has 0 saturated carbocycles. The van der Waals surface area contributed by atoms with E-state index >= 15 is 0 Å². The number of fused-ring (bicyclic) bond motifs is 1. The highest BCUT2D eigenvalue weighted by atomic mass is 16.5. The predicted octanol–water partition coefficient (Wildman–Crippen LogP) is 4.48. The first kappa shape index (κ1) is 23.7. The minimum atomic E-state index is -0.284. The van der Waals surface area contributed by atoms with Crippen molar-refractivity contribution in [3.05, 3.63) is 71.8 Å². The molecule has 0 aliphatic carbocycles. The molecule has 0 radical (unpaired) electrons. The summed E-state index contributed by atoms with van der Waals surface area (Å²) in [5, 5.41) is 0. The van der Waals surface area contributed by atoms with Gasteiger partial charge in [-0.05, 0) is 35.7 Å². The number of aromatic nitrogens is 2. The Morgan fingerprint density at radius 2 is 2.00 bits per heavy atom. The summed E-state index contributed by atoms with van der Waals surface area (Å²) in [6, 6.07) is 12.3. The molecule has 180 valence electrons. The second kappa shape index (κ2) is 10.2. The maximum Gasteiger partial charge on any atom is 0.230 e. The predicted molar refractivity (Wildman–Crippen MR) is 134 cm³/mol. The van der Waals surface area contributed by atoms with Crippen LogP contribution in [0.25, 0.3) is 0 Å². The molecule has 2 atom stereocenters. The normalized spacial score (nSPS) is 16.0. The zero-order valence-electron chi connectivity index (χ0n) is 20.7. The number of imidazole rings is 1. The van der Waals surface area contributed by atoms with Crippen LogP contribution in [0.5, 0.6) is 11.5 Å². The van der Waals surface area contributed by atoms with E-state index in [0.717, 1.165) is 24.1 Å². The van der Waals surface area contributed by atoms with E-state index in [1.807, 2.05) is 49.7 Å². The third-order valence-electron chi connectivity index (χ3n) is 6.64. The molecule has 2 heterocycles. The lowest BCUT2D eigenvalue weighted by molar-refractivity contribution is -0.134. The molecule has 0 fully saturated rings. The second-order valence-electron chi connectivity index (χ2n) is 8.97. The maximum absolute atomic E-state index is 14.1. The van der Waals surface area contributed by atoms with Gasteiger partial charge in [0.2, 0.25) is 5.91 Å². The number of anilines is 1. The van der Waals surface area contributed by atoms with Crippen molar-refractivity contribution in [2.24, 2.45) is 0 Å². The van der Waals surface area contributed by atoms with Gasteiger partial charge in [0.1, 0.15) is 11.5 Å². The van der Waals surface area contributed by atoms with Gasteiger partial charge in [0.15, 0.2) is 0 Å². The van der Waals surface area contributed by atoms with E-state index in [1.165, 1.54) is 11.1 Å². The van der Waals surface area contributed by atoms with E-state index in [2.05, 4.69) is 39.6 Å². The zero-order chi connectivity index (χ0) is 24.2. The Labute approximate surface area is 201 Å². The van der Waals surface area contributed by atoms with Crippen LogP contribution < -0.4 is 14.4 Å². The Bertz CT molecular complexity index is 1130. The van der Waals surface area contributed by atoms with E-state index in [-0.39, 0.29) is 17.9 Å². The second-order valence-corrected chi connectivity index (χ2v) is 8.97. The number of methoxy groups -OCH3 is 2. The number of rotatable bonds is 8. The first-order chi connectivity index (χ1) is 16.5. The van der Waals surface area contributed by atoms with Gasteiger partial charge >= 0.3 is 0 Å². The largest absolute Gasteiger partial charge is 0.497 e. The minimum absolute atomic E-state index is 0.0199. The summed E-state index contributed by atoms with van der Waals surface area (Å²) in [4.78, 5) is 22.4. The number of carbonyl (C=O) groups excluding carboxylic acids is 1. The van der Waals surface area contributed by atoms with Gasteiger partial charge in [-0.1, -0.05) is 25.5 Å². The molecule has 7 heteroatoms. The van der Waals surface area contributed by atoms with Crippen LogP contribution in [0, 0.1) is 0 Å². The van der Waals surface area contributed by atoms with E-state index < -0.39 is 0 Å². The smallest absolute Gasteiger partial charge is 0.230 e. The Morgan fingerprint density at radius 3 is 2.65 bits per heavy atom. The minimum Gasteiger partial charge on any atom is -0.497 e. The van der Waals surface area contributed by atoms with Crippen molar-refractivity contribution in [1.82, 2.24) is 14.5 Å². The molecule has 34 heavy (non-hydrogen) atoms. The molecule has 0 N–H and O–H groups in total. The SMILES string of the molecule is CCCC(C(=O)N1Cc2cc(N(C)C)ccc2C(n2ccnc2)C1)c1ccc(OC)cc1OC. The lowest BCUT2D eigenvalue weighted by atomic mass is 9.89. The van der Waals surface area contributed by atoms with E-state index in [0.29, 0.717) is 24.6 Å². The van der Waals surface area contributed by atoms with Crippen LogP contribution in [0.3, 0.4) is 0 Å². The van der Waals surface area contributed by atoms with Crippen molar-refractivity contribution in [2.45, 2.75) is 38.3 Å². The van der Waals surface area contributed by atoms with Crippen LogP contribution >= 0.6 is 0 Å². The first-order valence-corrected chi connectivity index (χ1v) is 11.7. The Hall–Kier alpha value is -3.48. The topological polar surface area (TPSA) is 59.8 Å². The molecule has 4 rings (SSSR count). The van der Waals surface area contributed by atoms with Crippen LogP contribution in [0.4, 0.5) is 5.69 Å². The number of ether oxygens (including phenoxy) is 2. The molecular formula is C27H34N4O3. The highest BCUT2D eigenvalue weighted by Crippen LogP contribution is 2.38. The fourth-order valence-corrected chi connectivity index (χ4v) is 4.81. The van der Waals surface area contributed by atoms with Gasteiger partial charge in [0.05, 0.1) is 32.5 Å². The Balaban J connectivity index is 1.72. The monoisotopic (exact) mass is 462 g/mol. The van der Waals surface area contributed by atoms with Crippen molar-refractivity contribution in [1.29, 1.82) is 0 Å². The molecule has 1 aliphatic rings. The summed E-state index contributed by atoms with van der Waals surface area (Å²) in [7, 11) is 7.34. The van der Waals surface area contributed by atoms with Crippen molar-refractivity contribution in [3.8, 4) is 11.5 Å². The number of nitrogens with zero attached hydrogens (tertiary/aromatic N) is 4. The summed E-state index contributed by atoms with van der Waals surface area (Å²) in [6.45, 7) is 3.29. The van der Waals surface area contributed by atoms with E-state index in [4.69, 9.17) is 9.47 Å². The number of carbonyl (C=O) groups is 1. The molecule has 0 bridgehead atoms. The number of hydrogen-bond donors (Lipinski definition) is 0. The summed E-state index contributed by atoms with van der Waals surface area (Å²) >= 11 is 0. The highest BCUT2D eigenvalue weighted by Gasteiger charge is 2.34. The van der Waals surface area contributed by atoms with Gasteiger partial charge in [-0.25, -0.2) is 4.98 Å². The third kappa shape index (κ3) is 4.60. The molecule has 0 saturated heterocycles. The van der Waals surface area contributed by atoms with Gasteiger partial charge in [0.25, 0.3) is 0 Å². The van der Waals surface area contributed by atoms with Crippen molar-refractivity contribution >= 4 is 11.6 Å². The van der Waals surface area contributed by atoms with Crippen molar-refractivity contribution < 1.29 is 14.3 Å². The van der Waals surface area contributed by atoms with Gasteiger partial charge < -0.3 is 23.8 Å². The first-order valence-electron chi connectivity index (χ1n) is 11.7. The van der Waals surface area contributed by atoms with Crippen LogP contribution in [0.15, 0.2) is 55.1 Å². The molecule has 3 aromatic rings. The standard InChI is InChI=1S/C27H34N4O3/c1-6-7-24(23-11-9-21(33-4)15-26(23)34-5)27(32)31-16-19-14-20(29(2)3)8-10-22(19)25(17-31)30-13-12-28-18-30/h8-15,18,24-25H,6-7,16-17H2,1-5H3. The van der Waals surface area contributed by atoms with E-state index in [9.17, 15) is 4.79 Å². The summed E-state index contributed by atoms with van der Waals surface area (Å²) in [5.41, 5.74) is 4.43. The third-order valence-corrected chi connectivity index (χ3v) is 6.64. The Kier molecular flexibility index (Phi) is 7.10. The van der Waals surface area contributed by atoms with Gasteiger partial charge in [-0.15, -0.1) is 0 Å². The number of amides is 1. The number of hydrogen-bond acceptors (Lipinski definition) is 5. The van der Waals surface area contributed by atoms with E-state index in [1.54, 1.807) is 20.4 Å². The van der Waals surface area contributed by atoms with Crippen LogP contribution in [-0.2, 0) is 11.3 Å². The maximum atomic E-state index is 14.1.